The summed E-state index contributed by atoms with van der Waals surface area (Å²) in [6, 6.07) is 4.77. The number of hydrogen-bond acceptors (Lipinski definition) is 4. The van der Waals surface area contributed by atoms with Gasteiger partial charge >= 0.3 is 0 Å². The first-order valence-corrected chi connectivity index (χ1v) is 9.88. The SMILES string of the molecule is CSC1=C2C=N[C@H](c3cc(F)cc(F)c3)CC2=C(c2ccn[nH]2)S1=O. The van der Waals surface area contributed by atoms with Gasteiger partial charge in [0.15, 0.2) is 0 Å². The predicted octanol–water partition coefficient (Wildman–Crippen LogP) is 3.95. The molecule has 1 aromatic carbocycles. The molecule has 8 heteroatoms. The minimum absolute atomic E-state index is 0.417. The van der Waals surface area contributed by atoms with Gasteiger partial charge in [0.2, 0.25) is 0 Å². The van der Waals surface area contributed by atoms with E-state index in [-0.39, 0.29) is 0 Å². The third-order valence-corrected chi connectivity index (χ3v) is 7.09. The molecule has 1 aromatic heterocycles. The topological polar surface area (TPSA) is 58.1 Å². The Balaban J connectivity index is 1.82. The van der Waals surface area contributed by atoms with Crippen LogP contribution in [-0.4, -0.2) is 26.9 Å². The maximum Gasteiger partial charge on any atom is 0.126 e. The molecule has 3 heterocycles. The maximum absolute atomic E-state index is 13.6. The molecule has 25 heavy (non-hydrogen) atoms. The zero-order chi connectivity index (χ0) is 17.6. The average molecular weight is 377 g/mol. The number of aromatic amines is 1. The third kappa shape index (κ3) is 2.79. The largest absolute Gasteiger partial charge is 0.284 e. The Bertz CT molecular complexity index is 944. The number of rotatable bonds is 3. The van der Waals surface area contributed by atoms with Crippen molar-refractivity contribution >= 4 is 33.7 Å². The molecule has 2 atom stereocenters. The molecule has 0 saturated carbocycles. The fourth-order valence-corrected chi connectivity index (χ4v) is 5.64. The maximum atomic E-state index is 13.6. The van der Waals surface area contributed by atoms with Gasteiger partial charge in [-0.05, 0) is 35.6 Å². The van der Waals surface area contributed by atoms with Gasteiger partial charge in [0.1, 0.15) is 11.6 Å². The van der Waals surface area contributed by atoms with Crippen LogP contribution in [0.25, 0.3) is 4.91 Å². The van der Waals surface area contributed by atoms with Gasteiger partial charge in [0.05, 0.1) is 31.7 Å². The molecule has 2 aromatic rings. The Morgan fingerprint density at radius 2 is 2.04 bits per heavy atom. The van der Waals surface area contributed by atoms with Crippen molar-refractivity contribution < 1.29 is 13.0 Å². The van der Waals surface area contributed by atoms with Crippen molar-refractivity contribution in [2.45, 2.75) is 12.5 Å². The first-order chi connectivity index (χ1) is 12.1. The monoisotopic (exact) mass is 377 g/mol. The zero-order valence-electron chi connectivity index (χ0n) is 13.1. The summed E-state index contributed by atoms with van der Waals surface area (Å²) in [6.45, 7) is 0. The summed E-state index contributed by atoms with van der Waals surface area (Å²) in [5.41, 5.74) is 2.88. The fraction of sp³-hybridized carbons (Fsp3) is 0.176. The Morgan fingerprint density at radius 3 is 2.68 bits per heavy atom. The average Bonchev–Trinajstić information content (AvgIpc) is 3.18. The Labute approximate surface area is 149 Å². The molecule has 4 nitrogen and oxygen atoms in total. The number of halogens is 2. The molecule has 0 bridgehead atoms. The zero-order valence-corrected chi connectivity index (χ0v) is 14.8. The number of benzene rings is 1. The summed E-state index contributed by atoms with van der Waals surface area (Å²) >= 11 is 1.42. The number of nitrogens with one attached hydrogen (secondary N) is 1. The van der Waals surface area contributed by atoms with Gasteiger partial charge in [0, 0.05) is 30.5 Å². The number of aromatic nitrogens is 2. The third-order valence-electron chi connectivity index (χ3n) is 4.15. The molecule has 0 saturated heterocycles. The van der Waals surface area contributed by atoms with E-state index in [1.807, 2.05) is 6.26 Å². The second-order valence-corrected chi connectivity index (χ2v) is 8.08. The van der Waals surface area contributed by atoms with Gasteiger partial charge in [-0.1, -0.05) is 0 Å². The van der Waals surface area contributed by atoms with Crippen LogP contribution in [0.5, 0.6) is 0 Å². The quantitative estimate of drug-likeness (QED) is 0.881. The predicted molar refractivity (Wildman–Crippen MR) is 96.4 cm³/mol. The van der Waals surface area contributed by atoms with Gasteiger partial charge in [0.25, 0.3) is 0 Å². The molecule has 1 unspecified atom stereocenters. The number of aliphatic imine (C=N–C) groups is 1. The van der Waals surface area contributed by atoms with Crippen molar-refractivity contribution in [1.82, 2.24) is 10.2 Å². The summed E-state index contributed by atoms with van der Waals surface area (Å²) in [7, 11) is -1.32. The van der Waals surface area contributed by atoms with Crippen LogP contribution < -0.4 is 0 Å². The van der Waals surface area contributed by atoms with E-state index < -0.39 is 28.5 Å². The van der Waals surface area contributed by atoms with Gasteiger partial charge < -0.3 is 0 Å². The van der Waals surface area contributed by atoms with Crippen LogP contribution >= 0.6 is 11.8 Å². The van der Waals surface area contributed by atoms with Gasteiger partial charge in [-0.2, -0.15) is 5.10 Å². The van der Waals surface area contributed by atoms with Crippen LogP contribution in [0.2, 0.25) is 0 Å². The van der Waals surface area contributed by atoms with E-state index in [0.29, 0.717) is 22.6 Å². The molecular formula is C17H13F2N3OS2. The second-order valence-electron chi connectivity index (χ2n) is 5.65. The molecule has 0 aliphatic carbocycles. The molecule has 0 spiro atoms. The molecule has 0 radical (unpaired) electrons. The standard InChI is InChI=1S/C17H13F2N3OS2/c1-24-17-13-8-20-15(9-4-10(18)6-11(19)5-9)7-12(13)16(25(17)23)14-2-3-21-22-14/h2-6,8,15H,7H2,1H3,(H,21,22)/t15-,25?/m0/s1. The van der Waals surface area contributed by atoms with Crippen molar-refractivity contribution in [3.63, 3.8) is 0 Å². The lowest BCUT2D eigenvalue weighted by atomic mass is 9.92. The smallest absolute Gasteiger partial charge is 0.126 e. The number of thioether (sulfide) groups is 1. The van der Waals surface area contributed by atoms with Gasteiger partial charge in [-0.25, -0.2) is 13.0 Å². The highest BCUT2D eigenvalue weighted by Crippen LogP contribution is 2.47. The number of nitrogens with zero attached hydrogens (tertiary/aromatic N) is 2. The van der Waals surface area contributed by atoms with Crippen LogP contribution in [-0.2, 0) is 10.8 Å². The normalized spacial score (nSPS) is 22.7. The molecule has 0 fully saturated rings. The van der Waals surface area contributed by atoms with Crippen molar-refractivity contribution in [2.75, 3.05) is 6.26 Å². The van der Waals surface area contributed by atoms with E-state index >= 15 is 0 Å². The molecule has 1 N–H and O–H groups in total. The minimum atomic E-state index is -1.32. The minimum Gasteiger partial charge on any atom is -0.284 e. The first-order valence-electron chi connectivity index (χ1n) is 7.51. The lowest BCUT2D eigenvalue weighted by Crippen LogP contribution is -2.08. The van der Waals surface area contributed by atoms with Crippen molar-refractivity contribution in [2.24, 2.45) is 4.99 Å². The summed E-state index contributed by atoms with van der Waals surface area (Å²) in [5, 5.41) is 6.80. The first kappa shape index (κ1) is 16.4. The number of fused-ring (bicyclic) bond motifs is 1. The molecule has 4 rings (SSSR count). The van der Waals surface area contributed by atoms with Crippen molar-refractivity contribution in [1.29, 1.82) is 0 Å². The van der Waals surface area contributed by atoms with Crippen LogP contribution in [0.3, 0.4) is 0 Å². The summed E-state index contributed by atoms with van der Waals surface area (Å²) in [4.78, 5) is 5.12. The Morgan fingerprint density at radius 1 is 1.28 bits per heavy atom. The Kier molecular flexibility index (Phi) is 4.16. The molecular weight excluding hydrogens is 364 g/mol. The van der Waals surface area contributed by atoms with Crippen LogP contribution in [0.1, 0.15) is 23.7 Å². The molecule has 128 valence electrons. The lowest BCUT2D eigenvalue weighted by Gasteiger charge is -2.20. The van der Waals surface area contributed by atoms with Crippen LogP contribution in [0, 0.1) is 11.6 Å². The highest BCUT2D eigenvalue weighted by Gasteiger charge is 2.35. The molecule has 2 aliphatic rings. The number of hydrogen-bond donors (Lipinski definition) is 1. The van der Waals surface area contributed by atoms with E-state index in [2.05, 4.69) is 15.2 Å². The summed E-state index contributed by atoms with van der Waals surface area (Å²) < 4.78 is 40.7. The van der Waals surface area contributed by atoms with Crippen LogP contribution in [0.4, 0.5) is 8.78 Å². The van der Waals surface area contributed by atoms with Crippen LogP contribution in [0.15, 0.2) is 50.8 Å². The second kappa shape index (κ2) is 6.34. The summed E-state index contributed by atoms with van der Waals surface area (Å²) in [6.07, 6.45) is 5.57. The number of allylic oxidation sites excluding steroid dienone is 1. The van der Waals surface area contributed by atoms with E-state index in [9.17, 15) is 13.0 Å². The fourth-order valence-electron chi connectivity index (χ4n) is 3.10. The molecule has 2 aliphatic heterocycles. The van der Waals surface area contributed by atoms with Crippen molar-refractivity contribution in [3.8, 4) is 0 Å². The molecule has 0 amide bonds. The van der Waals surface area contributed by atoms with Crippen molar-refractivity contribution in [3.05, 3.63) is 68.7 Å². The highest BCUT2D eigenvalue weighted by atomic mass is 32.2. The van der Waals surface area contributed by atoms with E-state index in [1.54, 1.807) is 18.5 Å². The van der Waals surface area contributed by atoms with Gasteiger partial charge in [-0.3, -0.25) is 10.1 Å². The van der Waals surface area contributed by atoms with Gasteiger partial charge in [-0.15, -0.1) is 11.8 Å². The lowest BCUT2D eigenvalue weighted by molar-refractivity contribution is 0.572. The highest BCUT2D eigenvalue weighted by molar-refractivity contribution is 8.19. The van der Waals surface area contributed by atoms with E-state index in [0.717, 1.165) is 21.4 Å². The van der Waals surface area contributed by atoms with E-state index in [4.69, 9.17) is 0 Å². The van der Waals surface area contributed by atoms with E-state index in [1.165, 1.54) is 23.9 Å². The summed E-state index contributed by atoms with van der Waals surface area (Å²) in [5.74, 6) is -1.26. The number of H-pyrrole nitrogens is 1. The Hall–Kier alpha value is -2.06.